The summed E-state index contributed by atoms with van der Waals surface area (Å²) in [5.41, 5.74) is 2.18. The first-order valence-electron chi connectivity index (χ1n) is 10.0. The zero-order chi connectivity index (χ0) is 22.5. The third-order valence-corrected chi connectivity index (χ3v) is 5.88. The lowest BCUT2D eigenvalue weighted by Gasteiger charge is -2.37. The Hall–Kier alpha value is -2.21. The first-order valence-corrected chi connectivity index (χ1v) is 11.2. The molecule has 1 aliphatic heterocycles. The van der Waals surface area contributed by atoms with Gasteiger partial charge in [-0.1, -0.05) is 54.7 Å². The van der Waals surface area contributed by atoms with Crippen molar-refractivity contribution in [2.24, 2.45) is 5.92 Å². The maximum absolute atomic E-state index is 12.3. The summed E-state index contributed by atoms with van der Waals surface area (Å²) in [6.07, 6.45) is 3.03. The molecule has 2 aromatic rings. The van der Waals surface area contributed by atoms with Crippen molar-refractivity contribution in [1.29, 1.82) is 0 Å². The lowest BCUT2D eigenvalue weighted by atomic mass is 10.1. The smallest absolute Gasteiger partial charge is 0.248 e. The van der Waals surface area contributed by atoms with Gasteiger partial charge in [0.2, 0.25) is 11.8 Å². The molecule has 31 heavy (non-hydrogen) atoms. The van der Waals surface area contributed by atoms with E-state index in [0.29, 0.717) is 52.5 Å². The van der Waals surface area contributed by atoms with Crippen LogP contribution >= 0.6 is 34.8 Å². The van der Waals surface area contributed by atoms with Gasteiger partial charge in [0.05, 0.1) is 10.7 Å². The van der Waals surface area contributed by atoms with Gasteiger partial charge in [-0.05, 0) is 42.0 Å². The predicted octanol–water partition coefficient (Wildman–Crippen LogP) is 5.60. The third kappa shape index (κ3) is 6.16. The highest BCUT2D eigenvalue weighted by Gasteiger charge is 2.24. The van der Waals surface area contributed by atoms with Crippen molar-refractivity contribution in [3.05, 3.63) is 63.1 Å². The van der Waals surface area contributed by atoms with Crippen molar-refractivity contribution in [3.8, 4) is 0 Å². The largest absolute Gasteiger partial charge is 0.367 e. The van der Waals surface area contributed by atoms with Crippen molar-refractivity contribution in [3.63, 3.8) is 0 Å². The number of benzene rings is 2. The molecule has 3 rings (SSSR count). The summed E-state index contributed by atoms with van der Waals surface area (Å²) in [6.45, 7) is 6.60. The highest BCUT2D eigenvalue weighted by Crippen LogP contribution is 2.30. The molecule has 0 atom stereocenters. The first-order chi connectivity index (χ1) is 14.7. The summed E-state index contributed by atoms with van der Waals surface area (Å²) in [5.74, 6) is -0.116. The van der Waals surface area contributed by atoms with Gasteiger partial charge >= 0.3 is 0 Å². The minimum absolute atomic E-state index is 0.00259. The number of amides is 2. The molecule has 1 heterocycles. The third-order valence-electron chi connectivity index (χ3n) is 5.02. The Morgan fingerprint density at radius 1 is 0.968 bits per heavy atom. The number of rotatable bonds is 5. The molecule has 164 valence electrons. The van der Waals surface area contributed by atoms with Crippen molar-refractivity contribution in [2.45, 2.75) is 13.8 Å². The van der Waals surface area contributed by atoms with E-state index in [4.69, 9.17) is 34.8 Å². The molecule has 2 amide bonds. The molecule has 0 spiro atoms. The minimum Gasteiger partial charge on any atom is -0.367 e. The molecule has 8 heteroatoms. The molecule has 1 N–H and O–H groups in total. The number of anilines is 2. The van der Waals surface area contributed by atoms with Crippen LogP contribution in [-0.4, -0.2) is 42.9 Å². The molecule has 0 saturated carbocycles. The predicted molar refractivity (Wildman–Crippen MR) is 129 cm³/mol. The molecule has 0 unspecified atom stereocenters. The van der Waals surface area contributed by atoms with E-state index >= 15 is 0 Å². The molecule has 1 saturated heterocycles. The van der Waals surface area contributed by atoms with Gasteiger partial charge in [0.1, 0.15) is 0 Å². The van der Waals surface area contributed by atoms with E-state index in [9.17, 15) is 9.59 Å². The minimum atomic E-state index is -0.296. The monoisotopic (exact) mass is 479 g/mol. The molecular weight excluding hydrogens is 457 g/mol. The Bertz CT molecular complexity index is 1000. The van der Waals surface area contributed by atoms with Gasteiger partial charge in [-0.2, -0.15) is 0 Å². The molecule has 0 aliphatic carbocycles. The van der Waals surface area contributed by atoms with E-state index in [1.54, 1.807) is 30.3 Å². The van der Waals surface area contributed by atoms with Crippen molar-refractivity contribution in [2.75, 3.05) is 36.4 Å². The van der Waals surface area contributed by atoms with Crippen LogP contribution in [0.15, 0.2) is 42.5 Å². The fraction of sp³-hybridized carbons (Fsp3) is 0.304. The van der Waals surface area contributed by atoms with Crippen molar-refractivity contribution in [1.82, 2.24) is 4.90 Å². The average Bonchev–Trinajstić information content (AvgIpc) is 2.73. The fourth-order valence-electron chi connectivity index (χ4n) is 3.36. The fourth-order valence-corrected chi connectivity index (χ4v) is 4.13. The summed E-state index contributed by atoms with van der Waals surface area (Å²) in [6, 6.07) is 10.5. The van der Waals surface area contributed by atoms with Crippen LogP contribution in [0.25, 0.3) is 6.08 Å². The molecular formula is C23H24Cl3N3O2. The van der Waals surface area contributed by atoms with Crippen LogP contribution in [0, 0.1) is 5.92 Å². The van der Waals surface area contributed by atoms with Crippen LogP contribution in [0.2, 0.25) is 15.1 Å². The van der Waals surface area contributed by atoms with Crippen LogP contribution in [0.5, 0.6) is 0 Å². The Morgan fingerprint density at radius 2 is 1.68 bits per heavy atom. The lowest BCUT2D eigenvalue weighted by Crippen LogP contribution is -2.50. The second kappa shape index (κ2) is 10.4. The summed E-state index contributed by atoms with van der Waals surface area (Å²) >= 11 is 18.5. The highest BCUT2D eigenvalue weighted by atomic mass is 35.5. The Morgan fingerprint density at radius 3 is 2.29 bits per heavy atom. The Kier molecular flexibility index (Phi) is 7.87. The van der Waals surface area contributed by atoms with Gasteiger partial charge in [-0.3, -0.25) is 9.59 Å². The van der Waals surface area contributed by atoms with E-state index < -0.39 is 0 Å². The number of nitrogens with one attached hydrogen (secondary N) is 1. The molecule has 0 bridgehead atoms. The normalized spacial score (nSPS) is 14.4. The average molecular weight is 481 g/mol. The molecule has 2 aromatic carbocycles. The summed E-state index contributed by atoms with van der Waals surface area (Å²) in [7, 11) is 0. The van der Waals surface area contributed by atoms with Crippen LogP contribution in [0.4, 0.5) is 11.4 Å². The molecule has 1 aliphatic rings. The zero-order valence-corrected chi connectivity index (χ0v) is 19.6. The molecule has 0 radical (unpaired) electrons. The summed E-state index contributed by atoms with van der Waals surface area (Å²) in [5, 5.41) is 4.35. The van der Waals surface area contributed by atoms with E-state index in [1.165, 1.54) is 6.08 Å². The number of hydrogen-bond donors (Lipinski definition) is 1. The van der Waals surface area contributed by atoms with Crippen LogP contribution in [0.1, 0.15) is 19.4 Å². The number of hydrogen-bond acceptors (Lipinski definition) is 3. The number of nitrogens with zero attached hydrogens (tertiary/aromatic N) is 2. The second-order valence-electron chi connectivity index (χ2n) is 7.62. The number of piperazine rings is 1. The second-order valence-corrected chi connectivity index (χ2v) is 8.87. The van der Waals surface area contributed by atoms with Crippen molar-refractivity contribution < 1.29 is 9.59 Å². The molecule has 5 nitrogen and oxygen atoms in total. The number of carbonyl (C=O) groups excluding carboxylic acids is 2. The zero-order valence-electron chi connectivity index (χ0n) is 17.4. The van der Waals surface area contributed by atoms with Crippen LogP contribution in [-0.2, 0) is 9.59 Å². The van der Waals surface area contributed by atoms with Gasteiger partial charge in [0.25, 0.3) is 0 Å². The number of halogens is 3. The topological polar surface area (TPSA) is 52.7 Å². The van der Waals surface area contributed by atoms with Crippen LogP contribution < -0.4 is 10.2 Å². The Balaban J connectivity index is 1.60. The number of carbonyl (C=O) groups is 2. The maximum Gasteiger partial charge on any atom is 0.248 e. The van der Waals surface area contributed by atoms with E-state index in [-0.39, 0.29) is 17.7 Å². The lowest BCUT2D eigenvalue weighted by molar-refractivity contribution is -0.134. The van der Waals surface area contributed by atoms with E-state index in [1.807, 2.05) is 30.9 Å². The standard InChI is InChI=1S/C23H24Cl3N3O2/c1-15(2)23(31)29-11-9-28(10-12-29)21-7-6-18(14-20(21)26)27-22(30)8-4-16-3-5-17(24)13-19(16)25/h3-8,13-15H,9-12H2,1-2H3,(H,27,30). The molecule has 1 fully saturated rings. The van der Waals surface area contributed by atoms with Crippen LogP contribution in [0.3, 0.4) is 0 Å². The highest BCUT2D eigenvalue weighted by molar-refractivity contribution is 6.35. The van der Waals surface area contributed by atoms with Gasteiger partial charge < -0.3 is 15.1 Å². The Labute approximate surface area is 197 Å². The van der Waals surface area contributed by atoms with Gasteiger partial charge in [-0.25, -0.2) is 0 Å². The van der Waals surface area contributed by atoms with Gasteiger partial charge in [0.15, 0.2) is 0 Å². The van der Waals surface area contributed by atoms with E-state index in [2.05, 4.69) is 10.2 Å². The van der Waals surface area contributed by atoms with Gasteiger partial charge in [-0.15, -0.1) is 0 Å². The van der Waals surface area contributed by atoms with Crippen molar-refractivity contribution >= 4 is 64.1 Å². The van der Waals surface area contributed by atoms with E-state index in [0.717, 1.165) is 5.69 Å². The summed E-state index contributed by atoms with van der Waals surface area (Å²) < 4.78 is 0. The SMILES string of the molecule is CC(C)C(=O)N1CCN(c2ccc(NC(=O)C=Cc3ccc(Cl)cc3Cl)cc2Cl)CC1. The first kappa shape index (κ1) is 23.5. The molecule has 0 aromatic heterocycles. The van der Waals surface area contributed by atoms with Gasteiger partial charge in [0, 0.05) is 53.9 Å². The quantitative estimate of drug-likeness (QED) is 0.567. The summed E-state index contributed by atoms with van der Waals surface area (Å²) in [4.78, 5) is 28.5. The maximum atomic E-state index is 12.3.